The average Bonchev–Trinajstić information content (AvgIpc) is 2.38. The van der Waals surface area contributed by atoms with Crippen molar-refractivity contribution in [3.8, 4) is 0 Å². The van der Waals surface area contributed by atoms with E-state index in [1.165, 1.54) is 25.1 Å². The van der Waals surface area contributed by atoms with Crippen molar-refractivity contribution in [2.75, 3.05) is 32.7 Å². The highest BCUT2D eigenvalue weighted by Gasteiger charge is 2.19. The second-order valence-corrected chi connectivity index (χ2v) is 4.75. The molecule has 0 aromatic heterocycles. The van der Waals surface area contributed by atoms with Gasteiger partial charge in [-0.1, -0.05) is 38.3 Å². The van der Waals surface area contributed by atoms with Gasteiger partial charge < -0.3 is 0 Å². The molecule has 0 radical (unpaired) electrons. The van der Waals surface area contributed by atoms with Gasteiger partial charge in [0.25, 0.3) is 0 Å². The lowest BCUT2D eigenvalue weighted by Gasteiger charge is -2.38. The van der Waals surface area contributed by atoms with Gasteiger partial charge in [-0.25, -0.2) is 0 Å². The molecule has 2 heteroatoms. The molecule has 1 aliphatic rings. The third kappa shape index (κ3) is 4.49. The molecule has 1 rings (SSSR count). The van der Waals surface area contributed by atoms with Gasteiger partial charge in [0.15, 0.2) is 0 Å². The van der Waals surface area contributed by atoms with Gasteiger partial charge in [-0.05, 0) is 18.9 Å². The number of nitrogens with zero attached hydrogens (tertiary/aromatic N) is 2. The first-order valence-corrected chi connectivity index (χ1v) is 6.61. The van der Waals surface area contributed by atoms with Crippen LogP contribution in [-0.2, 0) is 0 Å². The van der Waals surface area contributed by atoms with Crippen molar-refractivity contribution in [2.45, 2.75) is 26.3 Å². The Balaban J connectivity index is 2.39. The molecule has 2 nitrogen and oxygen atoms in total. The second-order valence-electron chi connectivity index (χ2n) is 4.75. The summed E-state index contributed by atoms with van der Waals surface area (Å²) in [5.74, 6) is 0. The van der Waals surface area contributed by atoms with Crippen molar-refractivity contribution >= 4 is 0 Å². The van der Waals surface area contributed by atoms with E-state index in [0.29, 0.717) is 0 Å². The van der Waals surface area contributed by atoms with Crippen LogP contribution in [0.15, 0.2) is 37.0 Å². The first-order valence-electron chi connectivity index (χ1n) is 6.61. The number of hydrogen-bond acceptors (Lipinski definition) is 2. The van der Waals surface area contributed by atoms with Crippen LogP contribution in [0, 0.1) is 0 Å². The molecule has 1 aliphatic heterocycles. The minimum atomic E-state index is 0.722. The highest BCUT2D eigenvalue weighted by molar-refractivity contribution is 5.22. The Hall–Kier alpha value is -0.860. The standard InChI is InChI=1S/C15H26N2/c1-5-8-15(7-3)13-16-9-11-17(12-10-16)14(4)6-2/h5,7-8,14H,1,3,6,9-13H2,2,4H3/b15-8+. The van der Waals surface area contributed by atoms with Gasteiger partial charge in [0.05, 0.1) is 0 Å². The van der Waals surface area contributed by atoms with E-state index < -0.39 is 0 Å². The second kappa shape index (κ2) is 7.46. The van der Waals surface area contributed by atoms with Crippen LogP contribution in [0.2, 0.25) is 0 Å². The highest BCUT2D eigenvalue weighted by atomic mass is 15.3. The molecule has 1 fully saturated rings. The Labute approximate surface area is 106 Å². The Morgan fingerprint density at radius 1 is 1.24 bits per heavy atom. The zero-order chi connectivity index (χ0) is 12.7. The number of piperazine rings is 1. The molecule has 0 saturated carbocycles. The molecular formula is C15H26N2. The van der Waals surface area contributed by atoms with Crippen molar-refractivity contribution in [1.82, 2.24) is 9.80 Å². The van der Waals surface area contributed by atoms with E-state index >= 15 is 0 Å². The molecule has 0 aromatic rings. The Morgan fingerprint density at radius 2 is 1.88 bits per heavy atom. The Bertz CT molecular complexity index is 273. The zero-order valence-electron chi connectivity index (χ0n) is 11.4. The highest BCUT2D eigenvalue weighted by Crippen LogP contribution is 2.10. The minimum Gasteiger partial charge on any atom is -0.298 e. The normalized spacial score (nSPS) is 21.2. The quantitative estimate of drug-likeness (QED) is 0.652. The molecule has 1 heterocycles. The van der Waals surface area contributed by atoms with Crippen molar-refractivity contribution in [3.05, 3.63) is 37.0 Å². The van der Waals surface area contributed by atoms with E-state index in [0.717, 1.165) is 25.7 Å². The van der Waals surface area contributed by atoms with E-state index in [4.69, 9.17) is 0 Å². The molecule has 0 bridgehead atoms. The summed E-state index contributed by atoms with van der Waals surface area (Å²) in [4.78, 5) is 5.08. The Kier molecular flexibility index (Phi) is 6.23. The van der Waals surface area contributed by atoms with E-state index in [1.807, 2.05) is 18.2 Å². The minimum absolute atomic E-state index is 0.722. The van der Waals surface area contributed by atoms with Crippen LogP contribution in [-0.4, -0.2) is 48.6 Å². The van der Waals surface area contributed by atoms with Crippen LogP contribution in [0.4, 0.5) is 0 Å². The van der Waals surface area contributed by atoms with Crippen LogP contribution in [0.5, 0.6) is 0 Å². The first-order chi connectivity index (χ1) is 8.21. The number of allylic oxidation sites excluding steroid dienone is 2. The van der Waals surface area contributed by atoms with Gasteiger partial charge in [0, 0.05) is 38.8 Å². The maximum atomic E-state index is 3.85. The molecule has 0 N–H and O–H groups in total. The van der Waals surface area contributed by atoms with Gasteiger partial charge in [-0.2, -0.15) is 0 Å². The molecule has 1 atom stereocenters. The summed E-state index contributed by atoms with van der Waals surface area (Å²) in [6.45, 7) is 17.9. The fraction of sp³-hybridized carbons (Fsp3) is 0.600. The lowest BCUT2D eigenvalue weighted by molar-refractivity contribution is 0.107. The van der Waals surface area contributed by atoms with Gasteiger partial charge in [-0.3, -0.25) is 9.80 Å². The molecule has 0 aromatic carbocycles. The summed E-state index contributed by atoms with van der Waals surface area (Å²) in [5, 5.41) is 0. The first kappa shape index (κ1) is 14.2. The molecule has 17 heavy (non-hydrogen) atoms. The molecule has 0 amide bonds. The lowest BCUT2D eigenvalue weighted by atomic mass is 10.1. The zero-order valence-corrected chi connectivity index (χ0v) is 11.4. The fourth-order valence-electron chi connectivity index (χ4n) is 2.22. The van der Waals surface area contributed by atoms with Crippen LogP contribution in [0.3, 0.4) is 0 Å². The number of rotatable bonds is 6. The van der Waals surface area contributed by atoms with Crippen LogP contribution in [0.1, 0.15) is 20.3 Å². The summed E-state index contributed by atoms with van der Waals surface area (Å²) in [5.41, 5.74) is 1.26. The summed E-state index contributed by atoms with van der Waals surface area (Å²) in [7, 11) is 0. The van der Waals surface area contributed by atoms with Gasteiger partial charge in [0.1, 0.15) is 0 Å². The van der Waals surface area contributed by atoms with Gasteiger partial charge in [0.2, 0.25) is 0 Å². The topological polar surface area (TPSA) is 6.48 Å². The van der Waals surface area contributed by atoms with E-state index in [9.17, 15) is 0 Å². The maximum absolute atomic E-state index is 3.85. The summed E-state index contributed by atoms with van der Waals surface area (Å²) in [6, 6.07) is 0.722. The van der Waals surface area contributed by atoms with Gasteiger partial charge in [-0.15, -0.1) is 0 Å². The maximum Gasteiger partial charge on any atom is 0.0234 e. The van der Waals surface area contributed by atoms with Crippen molar-refractivity contribution in [1.29, 1.82) is 0 Å². The molecule has 1 unspecified atom stereocenters. The lowest BCUT2D eigenvalue weighted by Crippen LogP contribution is -2.49. The summed E-state index contributed by atoms with van der Waals surface area (Å²) >= 11 is 0. The fourth-order valence-corrected chi connectivity index (χ4v) is 2.22. The third-order valence-corrected chi connectivity index (χ3v) is 3.62. The van der Waals surface area contributed by atoms with Gasteiger partial charge >= 0.3 is 0 Å². The molecule has 96 valence electrons. The predicted octanol–water partition coefficient (Wildman–Crippen LogP) is 2.70. The van der Waals surface area contributed by atoms with Crippen molar-refractivity contribution < 1.29 is 0 Å². The van der Waals surface area contributed by atoms with E-state index in [-0.39, 0.29) is 0 Å². The largest absolute Gasteiger partial charge is 0.298 e. The third-order valence-electron chi connectivity index (χ3n) is 3.62. The Morgan fingerprint density at radius 3 is 2.35 bits per heavy atom. The molecule has 0 spiro atoms. The van der Waals surface area contributed by atoms with Crippen LogP contribution >= 0.6 is 0 Å². The van der Waals surface area contributed by atoms with E-state index in [2.05, 4.69) is 36.8 Å². The smallest absolute Gasteiger partial charge is 0.0234 e. The number of hydrogen-bond donors (Lipinski definition) is 0. The van der Waals surface area contributed by atoms with Crippen LogP contribution in [0.25, 0.3) is 0 Å². The summed E-state index contributed by atoms with van der Waals surface area (Å²) in [6.07, 6.45) is 7.07. The van der Waals surface area contributed by atoms with Crippen LogP contribution < -0.4 is 0 Å². The summed E-state index contributed by atoms with van der Waals surface area (Å²) < 4.78 is 0. The predicted molar refractivity (Wildman–Crippen MR) is 76.2 cm³/mol. The van der Waals surface area contributed by atoms with Crippen molar-refractivity contribution in [3.63, 3.8) is 0 Å². The molecule has 1 saturated heterocycles. The molecular weight excluding hydrogens is 208 g/mol. The van der Waals surface area contributed by atoms with E-state index in [1.54, 1.807) is 0 Å². The SMILES string of the molecule is C=C/C=C(\C=C)CN1CCN(C(C)CC)CC1. The van der Waals surface area contributed by atoms with Crippen molar-refractivity contribution in [2.24, 2.45) is 0 Å². The monoisotopic (exact) mass is 234 g/mol. The molecule has 0 aliphatic carbocycles. The average molecular weight is 234 g/mol.